The molecule has 3 nitrogen and oxygen atoms in total. The average molecular weight is 200 g/mol. The first-order valence-corrected chi connectivity index (χ1v) is 5.46. The Morgan fingerprint density at radius 1 is 1.45 bits per heavy atom. The number of halogens is 1. The van der Waals surface area contributed by atoms with Gasteiger partial charge >= 0.3 is 0 Å². The molecular formula is C6H14ClNO2S. The fraction of sp³-hybridized carbons (Fsp3) is 1.00. The third-order valence-corrected chi connectivity index (χ3v) is 3.47. The maximum Gasteiger partial charge on any atom is 0.151 e. The summed E-state index contributed by atoms with van der Waals surface area (Å²) < 4.78 is 21.9. The molecule has 1 atom stereocenters. The van der Waals surface area contributed by atoms with Gasteiger partial charge in [0, 0.05) is 12.8 Å². The molecule has 5 heteroatoms. The van der Waals surface area contributed by atoms with Gasteiger partial charge in [-0.25, -0.2) is 8.42 Å². The molecular weight excluding hydrogens is 186 g/mol. The maximum atomic E-state index is 10.9. The molecule has 1 heterocycles. The van der Waals surface area contributed by atoms with Crippen molar-refractivity contribution in [2.45, 2.75) is 18.1 Å². The van der Waals surface area contributed by atoms with Crippen LogP contribution in [0.5, 0.6) is 0 Å². The Balaban J connectivity index is 0.000001000. The molecule has 1 aliphatic heterocycles. The van der Waals surface area contributed by atoms with E-state index in [1.54, 1.807) is 0 Å². The molecule has 0 unspecified atom stereocenters. The van der Waals surface area contributed by atoms with Crippen LogP contribution in [0.2, 0.25) is 0 Å². The van der Waals surface area contributed by atoms with Gasteiger partial charge in [0.25, 0.3) is 0 Å². The van der Waals surface area contributed by atoms with E-state index >= 15 is 0 Å². The van der Waals surface area contributed by atoms with Gasteiger partial charge in [-0.3, -0.25) is 0 Å². The van der Waals surface area contributed by atoms with E-state index in [0.717, 1.165) is 19.4 Å². The van der Waals surface area contributed by atoms with Crippen molar-refractivity contribution in [2.24, 2.45) is 0 Å². The molecule has 0 aromatic carbocycles. The summed E-state index contributed by atoms with van der Waals surface area (Å²) in [5, 5.41) is 2.92. The number of hydrogen-bond donors (Lipinski definition) is 1. The third kappa shape index (κ3) is 3.40. The highest BCUT2D eigenvalue weighted by Gasteiger charge is 2.22. The standard InChI is InChI=1S/C6H13NO2S.ClH/c1-10(8,9)6-3-2-4-7-5-6;/h6-7H,2-5H2,1H3;1H/t6-;/m0./s1. The van der Waals surface area contributed by atoms with Gasteiger partial charge in [0.15, 0.2) is 9.84 Å². The lowest BCUT2D eigenvalue weighted by molar-refractivity contribution is 0.499. The van der Waals surface area contributed by atoms with Gasteiger partial charge in [-0.15, -0.1) is 12.4 Å². The fourth-order valence-electron chi connectivity index (χ4n) is 1.19. The van der Waals surface area contributed by atoms with Crippen LogP contribution in [-0.2, 0) is 9.84 Å². The summed E-state index contributed by atoms with van der Waals surface area (Å²) in [5.41, 5.74) is 0. The number of nitrogens with one attached hydrogen (secondary N) is 1. The van der Waals surface area contributed by atoms with Crippen molar-refractivity contribution in [1.82, 2.24) is 5.32 Å². The first-order chi connectivity index (χ1) is 4.61. The molecule has 0 bridgehead atoms. The van der Waals surface area contributed by atoms with Crippen LogP contribution in [0.25, 0.3) is 0 Å². The van der Waals surface area contributed by atoms with Gasteiger partial charge in [-0.2, -0.15) is 0 Å². The highest BCUT2D eigenvalue weighted by Crippen LogP contribution is 2.09. The zero-order valence-electron chi connectivity index (χ0n) is 6.54. The molecule has 0 radical (unpaired) electrons. The SMILES string of the molecule is CS(=O)(=O)[C@H]1CCCNC1.Cl. The van der Waals surface area contributed by atoms with Crippen molar-refractivity contribution in [3.8, 4) is 0 Å². The summed E-state index contributed by atoms with van der Waals surface area (Å²) in [6.45, 7) is 1.60. The quantitative estimate of drug-likeness (QED) is 0.657. The Labute approximate surface area is 73.9 Å². The number of piperidine rings is 1. The molecule has 11 heavy (non-hydrogen) atoms. The van der Waals surface area contributed by atoms with E-state index in [4.69, 9.17) is 0 Å². The predicted octanol–water partition coefficient (Wildman–Crippen LogP) is 0.205. The van der Waals surface area contributed by atoms with E-state index in [2.05, 4.69) is 5.32 Å². The van der Waals surface area contributed by atoms with Gasteiger partial charge < -0.3 is 5.32 Å². The van der Waals surface area contributed by atoms with Gasteiger partial charge in [0.2, 0.25) is 0 Å². The smallest absolute Gasteiger partial charge is 0.151 e. The van der Waals surface area contributed by atoms with Crippen LogP contribution in [0.3, 0.4) is 0 Å². The van der Waals surface area contributed by atoms with Crippen LogP contribution in [0.15, 0.2) is 0 Å². The zero-order chi connectivity index (χ0) is 7.61. The second-order valence-corrected chi connectivity index (χ2v) is 5.12. The summed E-state index contributed by atoms with van der Waals surface area (Å²) in [7, 11) is -2.79. The largest absolute Gasteiger partial charge is 0.315 e. The third-order valence-electron chi connectivity index (χ3n) is 1.86. The number of sulfone groups is 1. The van der Waals surface area contributed by atoms with Crippen molar-refractivity contribution < 1.29 is 8.42 Å². The van der Waals surface area contributed by atoms with E-state index in [-0.39, 0.29) is 17.7 Å². The monoisotopic (exact) mass is 199 g/mol. The lowest BCUT2D eigenvalue weighted by Crippen LogP contribution is -2.38. The normalized spacial score (nSPS) is 25.7. The molecule has 0 aromatic heterocycles. The Hall–Kier alpha value is 0.200. The highest BCUT2D eigenvalue weighted by molar-refractivity contribution is 7.91. The van der Waals surface area contributed by atoms with Crippen molar-refractivity contribution >= 4 is 22.2 Å². The molecule has 0 saturated carbocycles. The van der Waals surface area contributed by atoms with Crippen LogP contribution in [0.4, 0.5) is 0 Å². The van der Waals surface area contributed by atoms with Crippen molar-refractivity contribution in [1.29, 1.82) is 0 Å². The van der Waals surface area contributed by atoms with E-state index in [1.807, 2.05) is 0 Å². The summed E-state index contributed by atoms with van der Waals surface area (Å²) in [5.74, 6) is 0. The summed E-state index contributed by atoms with van der Waals surface area (Å²) in [4.78, 5) is 0. The number of rotatable bonds is 1. The second-order valence-electron chi connectivity index (χ2n) is 2.80. The van der Waals surface area contributed by atoms with Crippen LogP contribution in [-0.4, -0.2) is 33.0 Å². The maximum absolute atomic E-state index is 10.9. The molecule has 0 amide bonds. The fourth-order valence-corrected chi connectivity index (χ4v) is 2.20. The predicted molar refractivity (Wildman–Crippen MR) is 48.0 cm³/mol. The van der Waals surface area contributed by atoms with E-state index in [9.17, 15) is 8.42 Å². The molecule has 0 aromatic rings. The van der Waals surface area contributed by atoms with Gasteiger partial charge in [0.05, 0.1) is 5.25 Å². The molecule has 1 fully saturated rings. The van der Waals surface area contributed by atoms with E-state index in [1.165, 1.54) is 6.26 Å². The Morgan fingerprint density at radius 3 is 2.36 bits per heavy atom. The molecule has 0 aliphatic carbocycles. The zero-order valence-corrected chi connectivity index (χ0v) is 8.17. The van der Waals surface area contributed by atoms with Gasteiger partial charge in [-0.05, 0) is 19.4 Å². The van der Waals surface area contributed by atoms with Crippen LogP contribution < -0.4 is 5.32 Å². The van der Waals surface area contributed by atoms with Gasteiger partial charge in [0.1, 0.15) is 0 Å². The highest BCUT2D eigenvalue weighted by atomic mass is 35.5. The Kier molecular flexibility index (Phi) is 4.36. The minimum atomic E-state index is -2.79. The Morgan fingerprint density at radius 2 is 2.09 bits per heavy atom. The molecule has 1 saturated heterocycles. The minimum Gasteiger partial charge on any atom is -0.315 e. The summed E-state index contributed by atoms with van der Waals surface area (Å²) in [6, 6.07) is 0. The van der Waals surface area contributed by atoms with Crippen molar-refractivity contribution in [3.05, 3.63) is 0 Å². The summed E-state index contributed by atoms with van der Waals surface area (Å²) in [6.07, 6.45) is 3.12. The summed E-state index contributed by atoms with van der Waals surface area (Å²) >= 11 is 0. The minimum absolute atomic E-state index is 0. The molecule has 1 rings (SSSR count). The van der Waals surface area contributed by atoms with E-state index < -0.39 is 9.84 Å². The van der Waals surface area contributed by atoms with E-state index in [0.29, 0.717) is 6.54 Å². The van der Waals surface area contributed by atoms with Gasteiger partial charge in [-0.1, -0.05) is 0 Å². The Bertz CT molecular complexity index is 197. The first-order valence-electron chi connectivity index (χ1n) is 3.50. The lowest BCUT2D eigenvalue weighted by Gasteiger charge is -2.20. The van der Waals surface area contributed by atoms with Crippen molar-refractivity contribution in [3.63, 3.8) is 0 Å². The topological polar surface area (TPSA) is 46.2 Å². The molecule has 68 valence electrons. The molecule has 0 spiro atoms. The van der Waals surface area contributed by atoms with Crippen LogP contribution >= 0.6 is 12.4 Å². The average Bonchev–Trinajstić information content (AvgIpc) is 1.88. The second kappa shape index (κ2) is 4.28. The first kappa shape index (κ1) is 11.2. The van der Waals surface area contributed by atoms with Crippen molar-refractivity contribution in [2.75, 3.05) is 19.3 Å². The van der Waals surface area contributed by atoms with Crippen LogP contribution in [0, 0.1) is 0 Å². The molecule has 1 N–H and O–H groups in total. The number of hydrogen-bond acceptors (Lipinski definition) is 3. The molecule has 1 aliphatic rings. The van der Waals surface area contributed by atoms with Crippen LogP contribution in [0.1, 0.15) is 12.8 Å². The lowest BCUT2D eigenvalue weighted by atomic mass is 10.2.